The van der Waals surface area contributed by atoms with E-state index in [1.807, 2.05) is 73.1 Å². The van der Waals surface area contributed by atoms with Crippen LogP contribution in [-0.4, -0.2) is 25.8 Å². The lowest BCUT2D eigenvalue weighted by molar-refractivity contribution is -0.146. The Bertz CT molecular complexity index is 1480. The number of thiophene rings is 2. The van der Waals surface area contributed by atoms with Crippen molar-refractivity contribution in [3.05, 3.63) is 80.8 Å². The predicted octanol–water partition coefficient (Wildman–Crippen LogP) is 8.71. The molecule has 0 spiro atoms. The van der Waals surface area contributed by atoms with E-state index in [2.05, 4.69) is 5.32 Å². The fourth-order valence-electron chi connectivity index (χ4n) is 4.59. The summed E-state index contributed by atoms with van der Waals surface area (Å²) in [5.41, 5.74) is 4.72. The van der Waals surface area contributed by atoms with Gasteiger partial charge in [0, 0.05) is 11.1 Å². The first-order chi connectivity index (χ1) is 18.8. The van der Waals surface area contributed by atoms with Crippen molar-refractivity contribution in [3.63, 3.8) is 0 Å². The fourth-order valence-corrected chi connectivity index (χ4v) is 6.51. The maximum absolute atomic E-state index is 12.6. The topological polar surface area (TPSA) is 73.9 Å². The lowest BCUT2D eigenvalue weighted by atomic mass is 9.93. The normalized spacial score (nSPS) is 14.4. The van der Waals surface area contributed by atoms with Gasteiger partial charge in [-0.1, -0.05) is 48.0 Å². The standard InChI is InChI=1S/C30H28ClNO5S2/c1-4-36-28(33)30(12-13-30)22-8-5-19(6-9-22)23-10-7-20(15-25(23)35-3)27-24(16-26(31)39-27)32-29(34)37-18(2)21-11-14-38-17-21/h5-11,14-18H,4,12-13H2,1-3H3,(H,32,34). The van der Waals surface area contributed by atoms with E-state index in [0.717, 1.165) is 45.5 Å². The number of amides is 1. The molecule has 1 unspecified atom stereocenters. The molecule has 0 radical (unpaired) electrons. The van der Waals surface area contributed by atoms with Crippen molar-refractivity contribution < 1.29 is 23.8 Å². The first-order valence-electron chi connectivity index (χ1n) is 12.6. The number of benzene rings is 2. The summed E-state index contributed by atoms with van der Waals surface area (Å²) in [6, 6.07) is 17.5. The Balaban J connectivity index is 1.36. The molecule has 2 aromatic heterocycles. The van der Waals surface area contributed by atoms with Crippen LogP contribution in [0, 0.1) is 0 Å². The molecule has 0 aliphatic heterocycles. The Kier molecular flexibility index (Phi) is 7.98. The Morgan fingerprint density at radius 2 is 1.82 bits per heavy atom. The first-order valence-corrected chi connectivity index (χ1v) is 14.7. The second-order valence-corrected chi connectivity index (χ2v) is 11.8. The molecule has 1 fully saturated rings. The van der Waals surface area contributed by atoms with Crippen molar-refractivity contribution in [2.24, 2.45) is 0 Å². The van der Waals surface area contributed by atoms with Crippen LogP contribution in [0.1, 0.15) is 43.9 Å². The number of carbonyl (C=O) groups excluding carboxylic acids is 2. The van der Waals surface area contributed by atoms with Gasteiger partial charge in [0.15, 0.2) is 0 Å². The van der Waals surface area contributed by atoms with Crippen molar-refractivity contribution in [2.45, 2.75) is 38.2 Å². The molecule has 1 aliphatic rings. The summed E-state index contributed by atoms with van der Waals surface area (Å²) in [6.45, 7) is 4.04. The second kappa shape index (κ2) is 11.4. The molecule has 2 aromatic carbocycles. The van der Waals surface area contributed by atoms with Crippen molar-refractivity contribution in [3.8, 4) is 27.3 Å². The SMILES string of the molecule is CCOC(=O)C1(c2ccc(-c3ccc(-c4sc(Cl)cc4NC(=O)OC(C)c4ccsc4)cc3OC)cc2)CC1. The highest BCUT2D eigenvalue weighted by atomic mass is 35.5. The molecule has 1 saturated carbocycles. The molecule has 4 aromatic rings. The molecule has 5 rings (SSSR count). The van der Waals surface area contributed by atoms with Gasteiger partial charge >= 0.3 is 12.1 Å². The lowest BCUT2D eigenvalue weighted by Gasteiger charge is -2.16. The smallest absolute Gasteiger partial charge is 0.412 e. The van der Waals surface area contributed by atoms with Gasteiger partial charge in [-0.05, 0) is 72.3 Å². The molecule has 0 bridgehead atoms. The van der Waals surface area contributed by atoms with E-state index in [9.17, 15) is 9.59 Å². The van der Waals surface area contributed by atoms with E-state index in [0.29, 0.717) is 22.4 Å². The van der Waals surface area contributed by atoms with Gasteiger partial charge < -0.3 is 14.2 Å². The lowest BCUT2D eigenvalue weighted by Crippen LogP contribution is -2.23. The van der Waals surface area contributed by atoms with E-state index in [1.165, 1.54) is 11.3 Å². The summed E-state index contributed by atoms with van der Waals surface area (Å²) in [5.74, 6) is 0.527. The highest BCUT2D eigenvalue weighted by Gasteiger charge is 2.52. The number of methoxy groups -OCH3 is 1. The minimum absolute atomic E-state index is 0.150. The second-order valence-electron chi connectivity index (χ2n) is 9.32. The van der Waals surface area contributed by atoms with Gasteiger partial charge in [-0.3, -0.25) is 10.1 Å². The molecule has 9 heteroatoms. The van der Waals surface area contributed by atoms with E-state index < -0.39 is 11.5 Å². The van der Waals surface area contributed by atoms with Crippen LogP contribution in [-0.2, 0) is 19.7 Å². The molecule has 0 saturated heterocycles. The molecule has 39 heavy (non-hydrogen) atoms. The quantitative estimate of drug-likeness (QED) is 0.200. The Morgan fingerprint density at radius 3 is 2.46 bits per heavy atom. The summed E-state index contributed by atoms with van der Waals surface area (Å²) in [4.78, 5) is 25.9. The number of esters is 1. The highest BCUT2D eigenvalue weighted by molar-refractivity contribution is 7.20. The molecule has 2 heterocycles. The monoisotopic (exact) mass is 581 g/mol. The summed E-state index contributed by atoms with van der Waals surface area (Å²) in [6.07, 6.45) is 0.697. The van der Waals surface area contributed by atoms with Crippen LogP contribution in [0.15, 0.2) is 65.4 Å². The van der Waals surface area contributed by atoms with Crippen molar-refractivity contribution in [1.29, 1.82) is 0 Å². The molecular weight excluding hydrogens is 554 g/mol. The third-order valence-corrected chi connectivity index (χ3v) is 8.88. The minimum atomic E-state index is -0.552. The number of carbonyl (C=O) groups is 2. The maximum Gasteiger partial charge on any atom is 0.412 e. The average molecular weight is 582 g/mol. The molecule has 202 valence electrons. The van der Waals surface area contributed by atoms with Crippen LogP contribution in [0.25, 0.3) is 21.6 Å². The minimum Gasteiger partial charge on any atom is -0.496 e. The largest absolute Gasteiger partial charge is 0.496 e. The number of hydrogen-bond acceptors (Lipinski definition) is 7. The molecule has 1 N–H and O–H groups in total. The van der Waals surface area contributed by atoms with Crippen molar-refractivity contribution in [2.75, 3.05) is 19.0 Å². The molecule has 1 aliphatic carbocycles. The van der Waals surface area contributed by atoms with Gasteiger partial charge in [0.05, 0.1) is 34.0 Å². The average Bonchev–Trinajstić information content (AvgIpc) is 3.39. The Labute approximate surface area is 240 Å². The van der Waals surface area contributed by atoms with Gasteiger partial charge in [-0.25, -0.2) is 4.79 Å². The Hall–Kier alpha value is -3.33. The highest BCUT2D eigenvalue weighted by Crippen LogP contribution is 2.50. The van der Waals surface area contributed by atoms with E-state index in [4.69, 9.17) is 25.8 Å². The van der Waals surface area contributed by atoms with Crippen LogP contribution in [0.4, 0.5) is 10.5 Å². The predicted molar refractivity (Wildman–Crippen MR) is 157 cm³/mol. The van der Waals surface area contributed by atoms with Gasteiger partial charge in [0.2, 0.25) is 0 Å². The summed E-state index contributed by atoms with van der Waals surface area (Å²) < 4.78 is 17.1. The van der Waals surface area contributed by atoms with Crippen LogP contribution >= 0.6 is 34.3 Å². The Morgan fingerprint density at radius 1 is 1.08 bits per heavy atom. The van der Waals surface area contributed by atoms with Crippen LogP contribution in [0.5, 0.6) is 5.75 Å². The number of nitrogens with one attached hydrogen (secondary N) is 1. The van der Waals surface area contributed by atoms with E-state index in [-0.39, 0.29) is 12.1 Å². The van der Waals surface area contributed by atoms with Crippen LogP contribution in [0.3, 0.4) is 0 Å². The number of anilines is 1. The van der Waals surface area contributed by atoms with E-state index >= 15 is 0 Å². The van der Waals surface area contributed by atoms with Crippen LogP contribution < -0.4 is 10.1 Å². The van der Waals surface area contributed by atoms with Gasteiger partial charge in [-0.15, -0.1) is 11.3 Å². The third kappa shape index (κ3) is 5.69. The number of hydrogen-bond donors (Lipinski definition) is 1. The van der Waals surface area contributed by atoms with Gasteiger partial charge in [0.25, 0.3) is 0 Å². The fraction of sp³-hybridized carbons (Fsp3) is 0.267. The zero-order valence-corrected chi connectivity index (χ0v) is 24.2. The van der Waals surface area contributed by atoms with Gasteiger partial charge in [-0.2, -0.15) is 11.3 Å². The number of halogens is 1. The first kappa shape index (κ1) is 27.2. The molecular formula is C30H28ClNO5S2. The summed E-state index contributed by atoms with van der Waals surface area (Å²) >= 11 is 9.27. The number of rotatable bonds is 9. The molecule has 1 amide bonds. The molecule has 6 nitrogen and oxygen atoms in total. The van der Waals surface area contributed by atoms with E-state index in [1.54, 1.807) is 24.5 Å². The summed E-state index contributed by atoms with van der Waals surface area (Å²) in [7, 11) is 1.63. The third-order valence-electron chi connectivity index (χ3n) is 6.86. The van der Waals surface area contributed by atoms with Crippen LogP contribution in [0.2, 0.25) is 4.34 Å². The van der Waals surface area contributed by atoms with Crippen molar-refractivity contribution >= 4 is 52.0 Å². The zero-order valence-electron chi connectivity index (χ0n) is 21.8. The molecule has 1 atom stereocenters. The maximum atomic E-state index is 12.6. The zero-order chi connectivity index (χ0) is 27.6. The summed E-state index contributed by atoms with van der Waals surface area (Å²) in [5, 5.41) is 6.74. The van der Waals surface area contributed by atoms with Gasteiger partial charge in [0.1, 0.15) is 11.9 Å². The number of ether oxygens (including phenoxy) is 3. The van der Waals surface area contributed by atoms with Crippen molar-refractivity contribution in [1.82, 2.24) is 0 Å².